The number of fused-ring (bicyclic) bond motifs is 1. The molecular weight excluding hydrogens is 292 g/mol. The molecule has 1 heterocycles. The predicted octanol–water partition coefficient (Wildman–Crippen LogP) is 3.83. The smallest absolute Gasteiger partial charge is 0.202 e. The van der Waals surface area contributed by atoms with Crippen molar-refractivity contribution >= 4 is 22.6 Å². The van der Waals surface area contributed by atoms with Crippen LogP contribution in [0, 0.1) is 6.92 Å². The highest BCUT2D eigenvalue weighted by atomic mass is 35.5. The first-order chi connectivity index (χ1) is 9.97. The first-order valence-corrected chi connectivity index (χ1v) is 6.60. The van der Waals surface area contributed by atoms with Crippen LogP contribution in [-0.2, 0) is 0 Å². The van der Waals surface area contributed by atoms with E-state index in [1.807, 2.05) is 0 Å². The average molecular weight is 303 g/mol. The van der Waals surface area contributed by atoms with Gasteiger partial charge in [0.1, 0.15) is 22.8 Å². The fraction of sp³-hybridized carbons (Fsp3) is 0.0625. The van der Waals surface area contributed by atoms with Crippen molar-refractivity contribution in [1.29, 1.82) is 0 Å². The van der Waals surface area contributed by atoms with E-state index in [9.17, 15) is 15.0 Å². The van der Waals surface area contributed by atoms with Crippen LogP contribution in [0.4, 0.5) is 0 Å². The monoisotopic (exact) mass is 302 g/mol. The lowest BCUT2D eigenvalue weighted by Crippen LogP contribution is -2.08. The molecule has 3 rings (SSSR count). The number of phenols is 2. The number of rotatable bonds is 1. The van der Waals surface area contributed by atoms with Crippen LogP contribution in [-0.4, -0.2) is 10.2 Å². The maximum absolute atomic E-state index is 12.7. The molecule has 0 bridgehead atoms. The molecule has 4 nitrogen and oxygen atoms in total. The SMILES string of the molecule is Cc1oc2cc(O)cc(Cl)c2c(=O)c1-c1ccc(O)cc1. The summed E-state index contributed by atoms with van der Waals surface area (Å²) in [7, 11) is 0. The van der Waals surface area contributed by atoms with Crippen molar-refractivity contribution in [2.45, 2.75) is 6.92 Å². The summed E-state index contributed by atoms with van der Waals surface area (Å²) in [5, 5.41) is 19.2. The summed E-state index contributed by atoms with van der Waals surface area (Å²) in [6, 6.07) is 8.92. The van der Waals surface area contributed by atoms with Gasteiger partial charge in [-0.1, -0.05) is 23.7 Å². The molecule has 0 aliphatic heterocycles. The lowest BCUT2D eigenvalue weighted by atomic mass is 10.0. The van der Waals surface area contributed by atoms with Crippen LogP contribution in [0.3, 0.4) is 0 Å². The van der Waals surface area contributed by atoms with E-state index in [1.54, 1.807) is 19.1 Å². The maximum atomic E-state index is 12.7. The van der Waals surface area contributed by atoms with Gasteiger partial charge in [0, 0.05) is 6.07 Å². The van der Waals surface area contributed by atoms with Gasteiger partial charge in [-0.2, -0.15) is 0 Å². The minimum Gasteiger partial charge on any atom is -0.508 e. The molecule has 3 aromatic rings. The van der Waals surface area contributed by atoms with Crippen LogP contribution in [0.1, 0.15) is 5.76 Å². The topological polar surface area (TPSA) is 70.7 Å². The van der Waals surface area contributed by atoms with Crippen molar-refractivity contribution in [2.24, 2.45) is 0 Å². The Bertz CT molecular complexity index is 895. The maximum Gasteiger partial charge on any atom is 0.202 e. The molecule has 0 atom stereocenters. The van der Waals surface area contributed by atoms with E-state index >= 15 is 0 Å². The van der Waals surface area contributed by atoms with Crippen molar-refractivity contribution in [1.82, 2.24) is 0 Å². The first-order valence-electron chi connectivity index (χ1n) is 6.22. The zero-order chi connectivity index (χ0) is 15.1. The second-order valence-electron chi connectivity index (χ2n) is 4.71. The second-order valence-corrected chi connectivity index (χ2v) is 5.12. The average Bonchev–Trinajstić information content (AvgIpc) is 2.39. The van der Waals surface area contributed by atoms with Crippen LogP contribution in [0.15, 0.2) is 45.6 Å². The molecule has 0 radical (unpaired) electrons. The second kappa shape index (κ2) is 4.82. The summed E-state index contributed by atoms with van der Waals surface area (Å²) < 4.78 is 5.61. The quantitative estimate of drug-likeness (QED) is 0.716. The van der Waals surface area contributed by atoms with Crippen LogP contribution in [0.25, 0.3) is 22.1 Å². The summed E-state index contributed by atoms with van der Waals surface area (Å²) in [6.45, 7) is 1.67. The molecular formula is C16H11ClO4. The molecule has 1 aromatic heterocycles. The van der Waals surface area contributed by atoms with E-state index in [0.717, 1.165) is 0 Å². The van der Waals surface area contributed by atoms with Gasteiger partial charge in [-0.15, -0.1) is 0 Å². The Hall–Kier alpha value is -2.46. The summed E-state index contributed by atoms with van der Waals surface area (Å²) in [5.74, 6) is 0.469. The van der Waals surface area contributed by atoms with E-state index in [1.165, 1.54) is 24.3 Å². The molecule has 0 saturated carbocycles. The number of hydrogen-bond donors (Lipinski definition) is 2. The van der Waals surface area contributed by atoms with Crippen molar-refractivity contribution < 1.29 is 14.6 Å². The van der Waals surface area contributed by atoms with Crippen LogP contribution < -0.4 is 5.43 Å². The highest BCUT2D eigenvalue weighted by Gasteiger charge is 2.16. The van der Waals surface area contributed by atoms with Crippen molar-refractivity contribution in [3.63, 3.8) is 0 Å². The highest BCUT2D eigenvalue weighted by molar-refractivity contribution is 6.35. The number of aryl methyl sites for hydroxylation is 1. The van der Waals surface area contributed by atoms with Gasteiger partial charge >= 0.3 is 0 Å². The summed E-state index contributed by atoms with van der Waals surface area (Å²) >= 11 is 6.04. The number of hydrogen-bond acceptors (Lipinski definition) is 4. The van der Waals surface area contributed by atoms with E-state index in [-0.39, 0.29) is 32.9 Å². The molecule has 0 fully saturated rings. The fourth-order valence-electron chi connectivity index (χ4n) is 2.33. The lowest BCUT2D eigenvalue weighted by molar-refractivity contribution is 0.473. The molecule has 106 valence electrons. The van der Waals surface area contributed by atoms with Gasteiger partial charge in [0.05, 0.1) is 16.0 Å². The molecule has 0 aliphatic rings. The van der Waals surface area contributed by atoms with Gasteiger partial charge in [0.2, 0.25) is 5.43 Å². The molecule has 0 spiro atoms. The van der Waals surface area contributed by atoms with Gasteiger partial charge in [-0.05, 0) is 30.7 Å². The van der Waals surface area contributed by atoms with Gasteiger partial charge < -0.3 is 14.6 Å². The highest BCUT2D eigenvalue weighted by Crippen LogP contribution is 2.31. The van der Waals surface area contributed by atoms with Crippen molar-refractivity contribution in [2.75, 3.05) is 0 Å². The third kappa shape index (κ3) is 2.23. The van der Waals surface area contributed by atoms with Crippen LogP contribution in [0.5, 0.6) is 11.5 Å². The number of phenolic OH excluding ortho intramolecular Hbond substituents is 2. The van der Waals surface area contributed by atoms with Crippen LogP contribution in [0.2, 0.25) is 5.02 Å². The van der Waals surface area contributed by atoms with E-state index in [0.29, 0.717) is 16.9 Å². The van der Waals surface area contributed by atoms with E-state index < -0.39 is 0 Å². The van der Waals surface area contributed by atoms with Crippen LogP contribution >= 0.6 is 11.6 Å². The Morgan fingerprint density at radius 3 is 2.38 bits per heavy atom. The van der Waals surface area contributed by atoms with Gasteiger partial charge in [-0.25, -0.2) is 0 Å². The molecule has 0 amide bonds. The minimum absolute atomic E-state index is 0.0626. The number of halogens is 1. The Morgan fingerprint density at radius 1 is 1.05 bits per heavy atom. The number of benzene rings is 2. The lowest BCUT2D eigenvalue weighted by Gasteiger charge is -2.08. The molecule has 2 N–H and O–H groups in total. The Morgan fingerprint density at radius 2 is 1.71 bits per heavy atom. The van der Waals surface area contributed by atoms with Gasteiger partial charge in [-0.3, -0.25) is 4.79 Å². The Labute approximate surface area is 124 Å². The summed E-state index contributed by atoms with van der Waals surface area (Å²) in [5.41, 5.74) is 0.981. The normalized spacial score (nSPS) is 11.0. The zero-order valence-corrected chi connectivity index (χ0v) is 11.8. The zero-order valence-electron chi connectivity index (χ0n) is 11.1. The third-order valence-electron chi connectivity index (χ3n) is 3.26. The van der Waals surface area contributed by atoms with E-state index in [2.05, 4.69) is 0 Å². The third-order valence-corrected chi connectivity index (χ3v) is 3.56. The van der Waals surface area contributed by atoms with Crippen molar-refractivity contribution in [3.05, 3.63) is 57.4 Å². The molecule has 5 heteroatoms. The van der Waals surface area contributed by atoms with E-state index in [4.69, 9.17) is 16.0 Å². The number of aromatic hydroxyl groups is 2. The Kier molecular flexibility index (Phi) is 3.11. The molecule has 0 aliphatic carbocycles. The molecule has 21 heavy (non-hydrogen) atoms. The minimum atomic E-state index is -0.274. The molecule has 2 aromatic carbocycles. The molecule has 0 unspecified atom stereocenters. The standard InChI is InChI=1S/C16H11ClO4/c1-8-14(9-2-4-10(18)5-3-9)16(20)15-12(17)6-11(19)7-13(15)21-8/h2-7,18-19H,1H3. The molecule has 0 saturated heterocycles. The largest absolute Gasteiger partial charge is 0.508 e. The van der Waals surface area contributed by atoms with Crippen molar-refractivity contribution in [3.8, 4) is 22.6 Å². The summed E-state index contributed by atoms with van der Waals surface area (Å²) in [4.78, 5) is 12.7. The first kappa shape index (κ1) is 13.5. The summed E-state index contributed by atoms with van der Waals surface area (Å²) in [6.07, 6.45) is 0. The Balaban J connectivity index is 2.39. The van der Waals surface area contributed by atoms with Gasteiger partial charge in [0.25, 0.3) is 0 Å². The predicted molar refractivity (Wildman–Crippen MR) is 81.0 cm³/mol. The fourth-order valence-corrected chi connectivity index (χ4v) is 2.62. The van der Waals surface area contributed by atoms with Gasteiger partial charge in [0.15, 0.2) is 0 Å².